The number of aliphatic imine (C=N–C) groups is 1. The average Bonchev–Trinajstić information content (AvgIpc) is 2.37. The summed E-state index contributed by atoms with van der Waals surface area (Å²) in [4.78, 5) is 25.2. The van der Waals surface area contributed by atoms with Gasteiger partial charge in [-0.1, -0.05) is 0 Å². The fraction of sp³-hybridized carbons (Fsp3) is 0.200. The van der Waals surface area contributed by atoms with Gasteiger partial charge in [-0.15, -0.1) is 0 Å². The summed E-state index contributed by atoms with van der Waals surface area (Å²) in [6.07, 6.45) is 0. The molecule has 0 aliphatic carbocycles. The van der Waals surface area contributed by atoms with E-state index in [2.05, 4.69) is 25.7 Å². The van der Waals surface area contributed by atoms with Crippen molar-refractivity contribution in [2.75, 3.05) is 6.61 Å². The van der Waals surface area contributed by atoms with Crippen molar-refractivity contribution in [2.45, 2.75) is 6.92 Å². The van der Waals surface area contributed by atoms with Crippen molar-refractivity contribution in [3.05, 3.63) is 32.8 Å². The lowest BCUT2D eigenvalue weighted by molar-refractivity contribution is -0.384. The van der Waals surface area contributed by atoms with Crippen LogP contribution < -0.4 is 5.48 Å². The van der Waals surface area contributed by atoms with E-state index in [1.54, 1.807) is 12.4 Å². The number of amidine groups is 1. The Morgan fingerprint density at radius 3 is 2.79 bits per heavy atom. The SMILES string of the molecule is CCOC(=O)C(=Nc1ccc([N+](=O)[O-])cc1Br)NO. The Morgan fingerprint density at radius 2 is 2.32 bits per heavy atom. The topological polar surface area (TPSA) is 114 Å². The molecule has 0 unspecified atom stereocenters. The molecule has 0 heterocycles. The van der Waals surface area contributed by atoms with Gasteiger partial charge in [0.1, 0.15) is 0 Å². The minimum atomic E-state index is -0.838. The maximum atomic E-state index is 11.4. The van der Waals surface area contributed by atoms with Crippen LogP contribution >= 0.6 is 15.9 Å². The molecule has 0 bridgehead atoms. The monoisotopic (exact) mass is 331 g/mol. The molecular formula is C10H10BrN3O5. The fourth-order valence-corrected chi connectivity index (χ4v) is 1.59. The van der Waals surface area contributed by atoms with Gasteiger partial charge in [0.2, 0.25) is 5.84 Å². The van der Waals surface area contributed by atoms with Gasteiger partial charge in [-0.05, 0) is 28.9 Å². The molecule has 1 aromatic carbocycles. The van der Waals surface area contributed by atoms with Crippen molar-refractivity contribution in [1.29, 1.82) is 0 Å². The zero-order chi connectivity index (χ0) is 14.4. The van der Waals surface area contributed by atoms with Crippen LogP contribution in [0.2, 0.25) is 0 Å². The van der Waals surface area contributed by atoms with Crippen LogP contribution in [0.4, 0.5) is 11.4 Å². The van der Waals surface area contributed by atoms with E-state index in [0.29, 0.717) is 4.47 Å². The van der Waals surface area contributed by atoms with Crippen molar-refractivity contribution in [3.8, 4) is 0 Å². The Morgan fingerprint density at radius 1 is 1.63 bits per heavy atom. The Labute approximate surface area is 116 Å². The van der Waals surface area contributed by atoms with Crippen molar-refractivity contribution >= 4 is 39.1 Å². The molecule has 8 nitrogen and oxygen atoms in total. The van der Waals surface area contributed by atoms with Crippen LogP contribution in [0.3, 0.4) is 0 Å². The highest BCUT2D eigenvalue weighted by molar-refractivity contribution is 9.10. The van der Waals surface area contributed by atoms with E-state index >= 15 is 0 Å². The first-order valence-electron chi connectivity index (χ1n) is 5.09. The fourth-order valence-electron chi connectivity index (χ4n) is 1.14. The van der Waals surface area contributed by atoms with Crippen molar-refractivity contribution < 1.29 is 19.7 Å². The molecule has 0 fully saturated rings. The Kier molecular flexibility index (Phi) is 5.39. The summed E-state index contributed by atoms with van der Waals surface area (Å²) in [7, 11) is 0. The molecule has 19 heavy (non-hydrogen) atoms. The minimum Gasteiger partial charge on any atom is -0.460 e. The normalized spacial score (nSPS) is 11.0. The number of nitro benzene ring substituents is 1. The Balaban J connectivity index is 3.08. The van der Waals surface area contributed by atoms with E-state index < -0.39 is 16.7 Å². The van der Waals surface area contributed by atoms with Crippen molar-refractivity contribution in [1.82, 2.24) is 5.48 Å². The van der Waals surface area contributed by atoms with Gasteiger partial charge in [-0.3, -0.25) is 15.3 Å². The molecule has 0 aromatic heterocycles. The molecule has 1 rings (SSSR count). The smallest absolute Gasteiger partial charge is 0.376 e. The number of halogens is 1. The summed E-state index contributed by atoms with van der Waals surface area (Å²) in [6, 6.07) is 3.79. The largest absolute Gasteiger partial charge is 0.460 e. The standard InChI is InChI=1S/C10H10BrN3O5/c1-2-19-10(15)9(13-16)12-8-4-3-6(14(17)18)5-7(8)11/h3-5,16H,2H2,1H3,(H,12,13). The van der Waals surface area contributed by atoms with Gasteiger partial charge in [-0.25, -0.2) is 15.3 Å². The first-order valence-corrected chi connectivity index (χ1v) is 5.88. The highest BCUT2D eigenvalue weighted by Gasteiger charge is 2.14. The number of non-ortho nitro benzene ring substituents is 1. The number of carbonyl (C=O) groups excluding carboxylic acids is 1. The lowest BCUT2D eigenvalue weighted by atomic mass is 10.3. The molecule has 102 valence electrons. The third-order valence-corrected chi connectivity index (χ3v) is 2.58. The number of nitrogens with one attached hydrogen (secondary N) is 1. The lowest BCUT2D eigenvalue weighted by Gasteiger charge is -2.05. The van der Waals surface area contributed by atoms with Crippen LogP contribution in [0, 0.1) is 10.1 Å². The maximum absolute atomic E-state index is 11.4. The van der Waals surface area contributed by atoms with Crippen LogP contribution in [-0.4, -0.2) is 28.5 Å². The molecule has 0 radical (unpaired) electrons. The number of hydrogen-bond donors (Lipinski definition) is 2. The second-order valence-corrected chi connectivity index (χ2v) is 4.04. The number of rotatable bonds is 3. The summed E-state index contributed by atoms with van der Waals surface area (Å²) in [5.74, 6) is -1.26. The number of nitro groups is 1. The van der Waals surface area contributed by atoms with Gasteiger partial charge >= 0.3 is 5.97 Å². The van der Waals surface area contributed by atoms with E-state index in [4.69, 9.17) is 5.21 Å². The molecule has 0 spiro atoms. The number of nitrogens with zero attached hydrogens (tertiary/aromatic N) is 2. The summed E-state index contributed by atoms with van der Waals surface area (Å²) in [5.41, 5.74) is 1.73. The quantitative estimate of drug-likeness (QED) is 0.287. The number of hydrogen-bond acceptors (Lipinski definition) is 6. The van der Waals surface area contributed by atoms with Gasteiger partial charge in [0, 0.05) is 12.1 Å². The van der Waals surface area contributed by atoms with Crippen LogP contribution in [-0.2, 0) is 9.53 Å². The molecular weight excluding hydrogens is 322 g/mol. The molecule has 9 heteroatoms. The molecule has 0 aliphatic rings. The molecule has 0 aliphatic heterocycles. The third kappa shape index (κ3) is 4.00. The summed E-state index contributed by atoms with van der Waals surface area (Å²) < 4.78 is 4.96. The van der Waals surface area contributed by atoms with E-state index in [9.17, 15) is 14.9 Å². The number of benzene rings is 1. The summed E-state index contributed by atoms with van der Waals surface area (Å²) >= 11 is 3.09. The van der Waals surface area contributed by atoms with Gasteiger partial charge < -0.3 is 4.74 Å². The summed E-state index contributed by atoms with van der Waals surface area (Å²) in [6.45, 7) is 1.73. The van der Waals surface area contributed by atoms with Crippen LogP contribution in [0.5, 0.6) is 0 Å². The van der Waals surface area contributed by atoms with Gasteiger partial charge in [0.05, 0.1) is 21.7 Å². The maximum Gasteiger partial charge on any atom is 0.376 e. The molecule has 0 amide bonds. The van der Waals surface area contributed by atoms with E-state index in [1.807, 2.05) is 0 Å². The van der Waals surface area contributed by atoms with Crippen molar-refractivity contribution in [3.63, 3.8) is 0 Å². The average molecular weight is 332 g/mol. The molecule has 2 N–H and O–H groups in total. The first kappa shape index (κ1) is 15.1. The third-order valence-electron chi connectivity index (χ3n) is 1.95. The highest BCUT2D eigenvalue weighted by Crippen LogP contribution is 2.29. The van der Waals surface area contributed by atoms with Crippen LogP contribution in [0.1, 0.15) is 6.92 Å². The first-order chi connectivity index (χ1) is 8.99. The Bertz CT molecular complexity index is 532. The molecule has 0 atom stereocenters. The zero-order valence-corrected chi connectivity index (χ0v) is 11.4. The second kappa shape index (κ2) is 6.81. The second-order valence-electron chi connectivity index (χ2n) is 3.19. The molecule has 0 saturated carbocycles. The Hall–Kier alpha value is -2.00. The van der Waals surface area contributed by atoms with E-state index in [0.717, 1.165) is 0 Å². The molecule has 1 aromatic rings. The van der Waals surface area contributed by atoms with Crippen LogP contribution in [0.15, 0.2) is 27.7 Å². The molecule has 0 saturated heterocycles. The zero-order valence-electron chi connectivity index (χ0n) is 9.79. The number of hydroxylamine groups is 1. The van der Waals surface area contributed by atoms with Gasteiger partial charge in [-0.2, -0.15) is 0 Å². The van der Waals surface area contributed by atoms with E-state index in [1.165, 1.54) is 18.2 Å². The predicted molar refractivity (Wildman–Crippen MR) is 69.4 cm³/mol. The predicted octanol–water partition coefficient (Wildman–Crippen LogP) is 1.93. The van der Waals surface area contributed by atoms with Gasteiger partial charge in [0.25, 0.3) is 5.69 Å². The van der Waals surface area contributed by atoms with Crippen molar-refractivity contribution in [2.24, 2.45) is 4.99 Å². The minimum absolute atomic E-state index is 0.125. The number of esters is 1. The number of carbonyl (C=O) groups is 1. The summed E-state index contributed by atoms with van der Waals surface area (Å²) in [5, 5.41) is 19.4. The number of ether oxygens (including phenoxy) is 1. The van der Waals surface area contributed by atoms with Gasteiger partial charge in [0.15, 0.2) is 0 Å². The highest BCUT2D eigenvalue weighted by atomic mass is 79.9. The van der Waals surface area contributed by atoms with Crippen LogP contribution in [0.25, 0.3) is 0 Å². The van der Waals surface area contributed by atoms with E-state index in [-0.39, 0.29) is 18.0 Å². The lowest BCUT2D eigenvalue weighted by Crippen LogP contribution is -2.30.